The van der Waals surface area contributed by atoms with Crippen LogP contribution in [0.25, 0.3) is 0 Å². The number of hydrogen-bond donors (Lipinski definition) is 2. The molecule has 0 bridgehead atoms. The number of aliphatic hydroxyl groups is 1. The van der Waals surface area contributed by atoms with Gasteiger partial charge in [0.1, 0.15) is 18.5 Å². The van der Waals surface area contributed by atoms with Crippen LogP contribution >= 0.6 is 0 Å². The topological polar surface area (TPSA) is 136 Å². The fourth-order valence-electron chi connectivity index (χ4n) is 2.34. The molecule has 0 fully saturated rings. The second-order valence-electron chi connectivity index (χ2n) is 6.44. The quantitative estimate of drug-likeness (QED) is 0.453. The number of amides is 1. The molecule has 9 nitrogen and oxygen atoms in total. The molecule has 1 amide bonds. The number of nitrogens with one attached hydrogen (secondary N) is 1. The summed E-state index contributed by atoms with van der Waals surface area (Å²) in [7, 11) is -3.82. The van der Waals surface area contributed by atoms with E-state index in [0.29, 0.717) is 0 Å². The molecule has 13 heteroatoms. The second-order valence-corrected chi connectivity index (χ2v) is 8.46. The number of ether oxygens (including phenoxy) is 1. The summed E-state index contributed by atoms with van der Waals surface area (Å²) in [4.78, 5) is 21.9. The van der Waals surface area contributed by atoms with E-state index in [9.17, 15) is 41.6 Å². The van der Waals surface area contributed by atoms with Crippen molar-refractivity contribution < 1.29 is 41.2 Å². The maximum Gasteiger partial charge on any atom is 0.416 e. The van der Waals surface area contributed by atoms with Crippen molar-refractivity contribution >= 4 is 21.4 Å². The molecular weight excluding hydrogens is 445 g/mol. The molecule has 0 spiro atoms. The van der Waals surface area contributed by atoms with Gasteiger partial charge in [0.05, 0.1) is 15.4 Å². The average Bonchev–Trinajstić information content (AvgIpc) is 2.69. The van der Waals surface area contributed by atoms with Crippen molar-refractivity contribution in [3.05, 3.63) is 63.7 Å². The zero-order valence-corrected chi connectivity index (χ0v) is 16.7. The normalized spacial score (nSPS) is 12.8. The highest BCUT2D eigenvalue weighted by molar-refractivity contribution is 7.90. The molecule has 2 aromatic rings. The van der Waals surface area contributed by atoms with Crippen molar-refractivity contribution in [2.24, 2.45) is 0 Å². The van der Waals surface area contributed by atoms with E-state index in [0.717, 1.165) is 48.7 Å². The van der Waals surface area contributed by atoms with Gasteiger partial charge < -0.3 is 15.2 Å². The van der Waals surface area contributed by atoms with Crippen LogP contribution in [0.4, 0.5) is 18.9 Å². The molecule has 0 saturated heterocycles. The first-order valence-corrected chi connectivity index (χ1v) is 10.4. The van der Waals surface area contributed by atoms with Gasteiger partial charge in [-0.3, -0.25) is 14.9 Å². The van der Waals surface area contributed by atoms with Gasteiger partial charge in [-0.2, -0.15) is 13.2 Å². The molecule has 0 aliphatic rings. The zero-order chi connectivity index (χ0) is 23.4. The van der Waals surface area contributed by atoms with Crippen LogP contribution in [0, 0.1) is 10.1 Å². The Balaban J connectivity index is 1.97. The zero-order valence-electron chi connectivity index (χ0n) is 15.9. The third kappa shape index (κ3) is 6.93. The van der Waals surface area contributed by atoms with Gasteiger partial charge in [0, 0.05) is 30.5 Å². The van der Waals surface area contributed by atoms with Gasteiger partial charge in [0.25, 0.3) is 11.6 Å². The number of carbonyl (C=O) groups is 1. The number of sulfone groups is 1. The van der Waals surface area contributed by atoms with Crippen molar-refractivity contribution in [1.29, 1.82) is 0 Å². The van der Waals surface area contributed by atoms with Crippen LogP contribution in [-0.4, -0.2) is 49.9 Å². The standard InChI is InChI=1S/C18H17F3N2O7S/c1-31(28,29)16-7-11(6-13(8-16)23(26)27)17(25)22-9-14(24)10-30-15-4-2-12(3-5-15)18(19,20)21/h2-8,14,24H,9-10H2,1H3,(H,22,25). The van der Waals surface area contributed by atoms with Gasteiger partial charge in [-0.1, -0.05) is 0 Å². The first-order chi connectivity index (χ1) is 14.3. The fourth-order valence-corrected chi connectivity index (χ4v) is 3.01. The Kier molecular flexibility index (Phi) is 7.23. The molecule has 0 heterocycles. The maximum atomic E-state index is 12.5. The van der Waals surface area contributed by atoms with Crippen LogP contribution in [-0.2, 0) is 16.0 Å². The Bertz CT molecular complexity index is 1070. The van der Waals surface area contributed by atoms with Gasteiger partial charge >= 0.3 is 6.18 Å². The number of nitro benzene ring substituents is 1. The van der Waals surface area contributed by atoms with Crippen molar-refractivity contribution in [3.63, 3.8) is 0 Å². The summed E-state index contributed by atoms with van der Waals surface area (Å²) in [5, 5.41) is 23.1. The predicted octanol–water partition coefficient (Wildman–Crippen LogP) is 2.19. The first-order valence-electron chi connectivity index (χ1n) is 8.53. The molecule has 168 valence electrons. The first kappa shape index (κ1) is 24.1. The summed E-state index contributed by atoms with van der Waals surface area (Å²) in [5.41, 5.74) is -1.76. The van der Waals surface area contributed by atoms with E-state index in [4.69, 9.17) is 4.74 Å². The Hall–Kier alpha value is -3.19. The molecule has 1 unspecified atom stereocenters. The molecule has 2 aromatic carbocycles. The highest BCUT2D eigenvalue weighted by Gasteiger charge is 2.30. The largest absolute Gasteiger partial charge is 0.491 e. The third-order valence-electron chi connectivity index (χ3n) is 3.91. The number of rotatable bonds is 8. The Morgan fingerprint density at radius 1 is 1.23 bits per heavy atom. The molecule has 0 radical (unpaired) electrons. The number of hydrogen-bond acceptors (Lipinski definition) is 7. The van der Waals surface area contributed by atoms with Crippen molar-refractivity contribution in [2.75, 3.05) is 19.4 Å². The predicted molar refractivity (Wildman–Crippen MR) is 101 cm³/mol. The van der Waals surface area contributed by atoms with Crippen LogP contribution in [0.5, 0.6) is 5.75 Å². The number of nitro groups is 1. The molecule has 0 aliphatic carbocycles. The lowest BCUT2D eigenvalue weighted by Gasteiger charge is -2.14. The molecule has 0 saturated carbocycles. The average molecular weight is 462 g/mol. The van der Waals surface area contributed by atoms with Crippen molar-refractivity contribution in [2.45, 2.75) is 17.2 Å². The minimum absolute atomic E-state index is 0.0647. The number of nitrogens with zero attached hydrogens (tertiary/aromatic N) is 1. The molecular formula is C18H17F3N2O7S. The Morgan fingerprint density at radius 2 is 1.84 bits per heavy atom. The Labute approximate surface area is 174 Å². The van der Waals surface area contributed by atoms with Gasteiger partial charge in [-0.05, 0) is 30.3 Å². The SMILES string of the molecule is CS(=O)(=O)c1cc(C(=O)NCC(O)COc2ccc(C(F)(F)F)cc2)cc([N+](=O)[O-])c1. The van der Waals surface area contributed by atoms with Crippen LogP contribution in [0.3, 0.4) is 0 Å². The van der Waals surface area contributed by atoms with E-state index < -0.39 is 49.1 Å². The van der Waals surface area contributed by atoms with Crippen LogP contribution < -0.4 is 10.1 Å². The third-order valence-corrected chi connectivity index (χ3v) is 5.01. The summed E-state index contributed by atoms with van der Waals surface area (Å²) in [5.74, 6) is -0.808. The monoisotopic (exact) mass is 462 g/mol. The number of aliphatic hydroxyl groups excluding tert-OH is 1. The summed E-state index contributed by atoms with van der Waals surface area (Å²) < 4.78 is 66.0. The molecule has 0 aliphatic heterocycles. The van der Waals surface area contributed by atoms with Crippen LogP contribution in [0.15, 0.2) is 47.4 Å². The van der Waals surface area contributed by atoms with Crippen molar-refractivity contribution in [1.82, 2.24) is 5.32 Å². The van der Waals surface area contributed by atoms with Crippen LogP contribution in [0.2, 0.25) is 0 Å². The molecule has 0 aromatic heterocycles. The number of non-ortho nitro benzene ring substituents is 1. The van der Waals surface area contributed by atoms with E-state index in [-0.39, 0.29) is 24.5 Å². The van der Waals surface area contributed by atoms with E-state index in [1.165, 1.54) is 0 Å². The summed E-state index contributed by atoms with van der Waals surface area (Å²) in [6.07, 6.45) is -4.93. The second kappa shape index (κ2) is 9.31. The lowest BCUT2D eigenvalue weighted by molar-refractivity contribution is -0.385. The van der Waals surface area contributed by atoms with E-state index in [1.54, 1.807) is 0 Å². The highest BCUT2D eigenvalue weighted by Crippen LogP contribution is 2.30. The lowest BCUT2D eigenvalue weighted by Crippen LogP contribution is -2.35. The lowest BCUT2D eigenvalue weighted by atomic mass is 10.2. The van der Waals surface area contributed by atoms with Gasteiger partial charge in [0.15, 0.2) is 9.84 Å². The fraction of sp³-hybridized carbons (Fsp3) is 0.278. The van der Waals surface area contributed by atoms with Gasteiger partial charge in [-0.15, -0.1) is 0 Å². The maximum absolute atomic E-state index is 12.5. The number of halogens is 3. The molecule has 2 rings (SSSR count). The number of carbonyl (C=O) groups excluding carboxylic acids is 1. The van der Waals surface area contributed by atoms with E-state index in [1.807, 2.05) is 0 Å². The molecule has 2 N–H and O–H groups in total. The van der Waals surface area contributed by atoms with Gasteiger partial charge in [-0.25, -0.2) is 8.42 Å². The minimum atomic E-state index is -4.49. The highest BCUT2D eigenvalue weighted by atomic mass is 32.2. The summed E-state index contributed by atoms with van der Waals surface area (Å²) in [6, 6.07) is 6.43. The molecule has 1 atom stereocenters. The summed E-state index contributed by atoms with van der Waals surface area (Å²) >= 11 is 0. The minimum Gasteiger partial charge on any atom is -0.491 e. The summed E-state index contributed by atoms with van der Waals surface area (Å²) in [6.45, 7) is -0.731. The number of benzene rings is 2. The van der Waals surface area contributed by atoms with Crippen LogP contribution in [0.1, 0.15) is 15.9 Å². The smallest absolute Gasteiger partial charge is 0.416 e. The number of alkyl halides is 3. The van der Waals surface area contributed by atoms with E-state index >= 15 is 0 Å². The van der Waals surface area contributed by atoms with E-state index in [2.05, 4.69) is 5.32 Å². The van der Waals surface area contributed by atoms with Crippen molar-refractivity contribution in [3.8, 4) is 5.75 Å². The van der Waals surface area contributed by atoms with Gasteiger partial charge in [0.2, 0.25) is 0 Å². The molecule has 31 heavy (non-hydrogen) atoms. The Morgan fingerprint density at radius 3 is 2.35 bits per heavy atom.